The van der Waals surface area contributed by atoms with Crippen LogP contribution >= 0.6 is 11.6 Å². The second-order valence-electron chi connectivity index (χ2n) is 3.69. The zero-order chi connectivity index (χ0) is 14.2. The first-order chi connectivity index (χ1) is 8.88. The Bertz CT molecular complexity index is 680. The fourth-order valence-corrected chi connectivity index (χ4v) is 1.75. The maximum absolute atomic E-state index is 10.8. The number of halogens is 1. The van der Waals surface area contributed by atoms with E-state index in [0.717, 1.165) is 0 Å². The predicted molar refractivity (Wildman–Crippen MR) is 65.3 cm³/mol. The van der Waals surface area contributed by atoms with Gasteiger partial charge >= 0.3 is 5.97 Å². The molecule has 8 heteroatoms. The van der Waals surface area contributed by atoms with E-state index in [-0.39, 0.29) is 33.6 Å². The van der Waals surface area contributed by atoms with Gasteiger partial charge in [-0.25, -0.2) is 9.78 Å². The molecular formula is C11H7ClN2O5. The largest absolute Gasteiger partial charge is 0.475 e. The Hall–Kier alpha value is -2.41. The van der Waals surface area contributed by atoms with E-state index in [4.69, 9.17) is 21.1 Å². The lowest BCUT2D eigenvalue weighted by molar-refractivity contribution is -0.384. The van der Waals surface area contributed by atoms with E-state index in [1.165, 1.54) is 25.1 Å². The molecule has 0 bridgehead atoms. The first-order valence-corrected chi connectivity index (χ1v) is 5.42. The summed E-state index contributed by atoms with van der Waals surface area (Å²) in [5, 5.41) is 19.7. The third-order valence-corrected chi connectivity index (χ3v) is 2.55. The van der Waals surface area contributed by atoms with Crippen LogP contribution in [-0.2, 0) is 0 Å². The number of oxazole rings is 1. The lowest BCUT2D eigenvalue weighted by Crippen LogP contribution is -1.95. The molecule has 0 aliphatic heterocycles. The number of aromatic nitrogens is 1. The van der Waals surface area contributed by atoms with Gasteiger partial charge in [-0.2, -0.15) is 0 Å². The number of hydrogen-bond acceptors (Lipinski definition) is 5. The number of nitro groups is 1. The lowest BCUT2D eigenvalue weighted by atomic mass is 10.2. The smallest absolute Gasteiger partial charge is 0.373 e. The van der Waals surface area contributed by atoms with E-state index in [9.17, 15) is 14.9 Å². The summed E-state index contributed by atoms with van der Waals surface area (Å²) in [5.41, 5.74) is 0.204. The molecule has 1 heterocycles. The predicted octanol–water partition coefficient (Wildman–Crippen LogP) is 2.91. The van der Waals surface area contributed by atoms with Crippen molar-refractivity contribution in [1.82, 2.24) is 4.98 Å². The van der Waals surface area contributed by atoms with Crippen molar-refractivity contribution in [3.05, 3.63) is 44.8 Å². The number of carboxylic acids is 1. The Morgan fingerprint density at radius 3 is 2.68 bits per heavy atom. The van der Waals surface area contributed by atoms with Crippen LogP contribution in [0.2, 0.25) is 5.02 Å². The number of non-ortho nitro benzene ring substituents is 1. The number of nitrogens with zero attached hydrogens (tertiary/aromatic N) is 2. The number of carbonyl (C=O) groups is 1. The molecule has 1 N–H and O–H groups in total. The van der Waals surface area contributed by atoms with Crippen LogP contribution < -0.4 is 0 Å². The Balaban J connectivity index is 2.55. The number of aryl methyl sites for hydroxylation is 1. The van der Waals surface area contributed by atoms with Crippen molar-refractivity contribution in [1.29, 1.82) is 0 Å². The topological polar surface area (TPSA) is 106 Å². The van der Waals surface area contributed by atoms with E-state index >= 15 is 0 Å². The second kappa shape index (κ2) is 4.69. The van der Waals surface area contributed by atoms with Gasteiger partial charge in [0.1, 0.15) is 0 Å². The van der Waals surface area contributed by atoms with Gasteiger partial charge in [0.25, 0.3) is 5.69 Å². The molecule has 0 atom stereocenters. The normalized spacial score (nSPS) is 10.4. The summed E-state index contributed by atoms with van der Waals surface area (Å²) in [6.07, 6.45) is 0. The van der Waals surface area contributed by atoms with Crippen molar-refractivity contribution in [2.24, 2.45) is 0 Å². The summed E-state index contributed by atoms with van der Waals surface area (Å²) >= 11 is 5.76. The van der Waals surface area contributed by atoms with Crippen LogP contribution in [-0.4, -0.2) is 21.0 Å². The van der Waals surface area contributed by atoms with Gasteiger partial charge in [0, 0.05) is 22.7 Å². The second-order valence-corrected chi connectivity index (χ2v) is 4.13. The third kappa shape index (κ3) is 2.55. The van der Waals surface area contributed by atoms with Gasteiger partial charge in [-0.15, -0.1) is 0 Å². The highest BCUT2D eigenvalue weighted by molar-refractivity contribution is 6.31. The van der Waals surface area contributed by atoms with Gasteiger partial charge in [0.2, 0.25) is 11.7 Å². The fraction of sp³-hybridized carbons (Fsp3) is 0.0909. The van der Waals surface area contributed by atoms with Gasteiger partial charge in [-0.05, 0) is 13.0 Å². The zero-order valence-electron chi connectivity index (χ0n) is 9.58. The van der Waals surface area contributed by atoms with Crippen molar-refractivity contribution >= 4 is 23.3 Å². The summed E-state index contributed by atoms with van der Waals surface area (Å²) in [6.45, 7) is 1.47. The van der Waals surface area contributed by atoms with E-state index in [1.54, 1.807) is 0 Å². The monoisotopic (exact) mass is 282 g/mol. The SMILES string of the molecule is Cc1nc(-c2cc(Cl)cc([N+](=O)[O-])c2)oc1C(=O)O. The van der Waals surface area contributed by atoms with Crippen LogP contribution in [0.25, 0.3) is 11.5 Å². The number of rotatable bonds is 3. The molecule has 1 aromatic carbocycles. The average molecular weight is 283 g/mol. The highest BCUT2D eigenvalue weighted by Gasteiger charge is 2.19. The highest BCUT2D eigenvalue weighted by Crippen LogP contribution is 2.29. The van der Waals surface area contributed by atoms with Crippen molar-refractivity contribution in [3.8, 4) is 11.5 Å². The molecule has 0 aliphatic rings. The van der Waals surface area contributed by atoms with Crippen LogP contribution in [0.15, 0.2) is 22.6 Å². The Labute approximate surface area is 111 Å². The molecule has 19 heavy (non-hydrogen) atoms. The van der Waals surface area contributed by atoms with E-state index < -0.39 is 10.9 Å². The minimum atomic E-state index is -1.26. The van der Waals surface area contributed by atoms with Crippen molar-refractivity contribution in [2.75, 3.05) is 0 Å². The molecule has 2 rings (SSSR count). The van der Waals surface area contributed by atoms with E-state index in [2.05, 4.69) is 4.98 Å². The number of benzene rings is 1. The Morgan fingerprint density at radius 1 is 1.47 bits per heavy atom. The van der Waals surface area contributed by atoms with Crippen LogP contribution in [0.3, 0.4) is 0 Å². The van der Waals surface area contributed by atoms with Crippen LogP contribution in [0.1, 0.15) is 16.2 Å². The molecule has 0 spiro atoms. The Morgan fingerprint density at radius 2 is 2.16 bits per heavy atom. The Kier molecular flexibility index (Phi) is 3.22. The number of hydrogen-bond donors (Lipinski definition) is 1. The maximum atomic E-state index is 10.8. The molecule has 0 unspecified atom stereocenters. The minimum Gasteiger partial charge on any atom is -0.475 e. The van der Waals surface area contributed by atoms with Crippen molar-refractivity contribution in [3.63, 3.8) is 0 Å². The summed E-state index contributed by atoms with van der Waals surface area (Å²) in [7, 11) is 0. The fourth-order valence-electron chi connectivity index (χ4n) is 1.52. The summed E-state index contributed by atoms with van der Waals surface area (Å²) < 4.78 is 5.06. The van der Waals surface area contributed by atoms with E-state index in [0.29, 0.717) is 0 Å². The average Bonchev–Trinajstić information content (AvgIpc) is 2.70. The number of carboxylic acid groups (broad SMARTS) is 1. The minimum absolute atomic E-state index is 0.0273. The van der Waals surface area contributed by atoms with Gasteiger partial charge < -0.3 is 9.52 Å². The molecule has 0 saturated heterocycles. The summed E-state index contributed by atoms with van der Waals surface area (Å²) in [4.78, 5) is 24.9. The molecule has 7 nitrogen and oxygen atoms in total. The first-order valence-electron chi connectivity index (χ1n) is 5.04. The number of nitro benzene ring substituents is 1. The van der Waals surface area contributed by atoms with Crippen LogP contribution in [0.4, 0.5) is 5.69 Å². The van der Waals surface area contributed by atoms with Crippen LogP contribution in [0.5, 0.6) is 0 Å². The quantitative estimate of drug-likeness (QED) is 0.685. The molecule has 0 saturated carbocycles. The van der Waals surface area contributed by atoms with Gasteiger partial charge in [-0.3, -0.25) is 10.1 Å². The molecule has 1 aromatic heterocycles. The molecule has 0 fully saturated rings. The zero-order valence-corrected chi connectivity index (χ0v) is 10.3. The molecule has 0 aliphatic carbocycles. The third-order valence-electron chi connectivity index (χ3n) is 2.33. The summed E-state index contributed by atoms with van der Waals surface area (Å²) in [5.74, 6) is -1.59. The molecule has 2 aromatic rings. The van der Waals surface area contributed by atoms with Gasteiger partial charge in [0.05, 0.1) is 10.6 Å². The molecule has 0 amide bonds. The molecular weight excluding hydrogens is 276 g/mol. The first kappa shape index (κ1) is 13.0. The maximum Gasteiger partial charge on any atom is 0.373 e. The van der Waals surface area contributed by atoms with Gasteiger partial charge in [0.15, 0.2) is 0 Å². The number of aromatic carboxylic acids is 1. The molecule has 0 radical (unpaired) electrons. The van der Waals surface area contributed by atoms with E-state index in [1.807, 2.05) is 0 Å². The molecule has 98 valence electrons. The van der Waals surface area contributed by atoms with Gasteiger partial charge in [-0.1, -0.05) is 11.6 Å². The lowest BCUT2D eigenvalue weighted by Gasteiger charge is -1.97. The van der Waals surface area contributed by atoms with Crippen molar-refractivity contribution in [2.45, 2.75) is 6.92 Å². The summed E-state index contributed by atoms with van der Waals surface area (Å²) in [6, 6.07) is 3.80. The highest BCUT2D eigenvalue weighted by atomic mass is 35.5. The van der Waals surface area contributed by atoms with Crippen molar-refractivity contribution < 1.29 is 19.2 Å². The standard InChI is InChI=1S/C11H7ClN2O5/c1-5-9(11(15)16)19-10(13-5)6-2-7(12)4-8(3-6)14(17)18/h2-4H,1H3,(H,15,16). The van der Waals surface area contributed by atoms with Crippen LogP contribution in [0, 0.1) is 17.0 Å².